The highest BCUT2D eigenvalue weighted by atomic mass is 35.5. The van der Waals surface area contributed by atoms with E-state index in [1.54, 1.807) is 7.05 Å². The first-order chi connectivity index (χ1) is 5.07. The highest BCUT2D eigenvalue weighted by molar-refractivity contribution is 6.27. The summed E-state index contributed by atoms with van der Waals surface area (Å²) in [5, 5.41) is 0. The van der Waals surface area contributed by atoms with Gasteiger partial charge in [0.1, 0.15) is 5.78 Å². The minimum atomic E-state index is -0.0348. The number of amides is 1. The highest BCUT2D eigenvalue weighted by Crippen LogP contribution is 1.91. The Morgan fingerprint density at radius 1 is 1.45 bits per heavy atom. The molecule has 0 bridgehead atoms. The first kappa shape index (κ1) is 10.4. The molecule has 0 aromatic rings. The fourth-order valence-electron chi connectivity index (χ4n) is 0.517. The predicted octanol–water partition coefficient (Wildman–Crippen LogP) is 0.663. The van der Waals surface area contributed by atoms with E-state index in [9.17, 15) is 9.59 Å². The Kier molecular flexibility index (Phi) is 4.86. The molecule has 11 heavy (non-hydrogen) atoms. The summed E-state index contributed by atoms with van der Waals surface area (Å²) >= 11 is 5.26. The molecule has 1 amide bonds. The topological polar surface area (TPSA) is 37.4 Å². The number of Topliss-reactive ketones (excluding diaryl/α,β-unsaturated/α-hetero) is 1. The zero-order valence-electron chi connectivity index (χ0n) is 6.76. The molecule has 0 aliphatic carbocycles. The van der Waals surface area contributed by atoms with Crippen LogP contribution in [0.3, 0.4) is 0 Å². The maximum absolute atomic E-state index is 10.7. The van der Waals surface area contributed by atoms with Crippen LogP contribution in [0, 0.1) is 0 Å². The van der Waals surface area contributed by atoms with Crippen LogP contribution < -0.4 is 0 Å². The lowest BCUT2D eigenvalue weighted by Crippen LogP contribution is -2.26. The van der Waals surface area contributed by atoms with E-state index < -0.39 is 0 Å². The van der Waals surface area contributed by atoms with Crippen LogP contribution in [0.1, 0.15) is 13.3 Å². The monoisotopic (exact) mass is 177 g/mol. The van der Waals surface area contributed by atoms with E-state index in [1.807, 2.05) is 0 Å². The van der Waals surface area contributed by atoms with E-state index in [2.05, 4.69) is 0 Å². The number of carbonyl (C=O) groups is 2. The molecule has 0 fully saturated rings. The molecule has 0 saturated heterocycles. The van der Waals surface area contributed by atoms with Crippen LogP contribution in [0.4, 0.5) is 0 Å². The van der Waals surface area contributed by atoms with Gasteiger partial charge < -0.3 is 4.90 Å². The summed E-state index contributed by atoms with van der Waals surface area (Å²) in [5.41, 5.74) is 0. The van der Waals surface area contributed by atoms with Crippen molar-refractivity contribution in [2.24, 2.45) is 0 Å². The summed E-state index contributed by atoms with van der Waals surface area (Å²) < 4.78 is 0. The average molecular weight is 178 g/mol. The molecule has 4 heteroatoms. The maximum Gasteiger partial charge on any atom is 0.219 e. The van der Waals surface area contributed by atoms with Gasteiger partial charge in [0.2, 0.25) is 5.91 Å². The van der Waals surface area contributed by atoms with E-state index in [-0.39, 0.29) is 17.6 Å². The van der Waals surface area contributed by atoms with Crippen LogP contribution >= 0.6 is 11.6 Å². The SMILES string of the molecule is CC(=O)N(C)CCC(=O)CCl. The van der Waals surface area contributed by atoms with Gasteiger partial charge in [-0.3, -0.25) is 9.59 Å². The third-order valence-corrected chi connectivity index (χ3v) is 1.71. The molecule has 0 aliphatic heterocycles. The van der Waals surface area contributed by atoms with Gasteiger partial charge in [0, 0.05) is 26.9 Å². The van der Waals surface area contributed by atoms with Crippen LogP contribution in [0.15, 0.2) is 0 Å². The molecule has 0 heterocycles. The maximum atomic E-state index is 10.7. The fraction of sp³-hybridized carbons (Fsp3) is 0.714. The number of hydrogen-bond acceptors (Lipinski definition) is 2. The van der Waals surface area contributed by atoms with Crippen molar-refractivity contribution < 1.29 is 9.59 Å². The lowest BCUT2D eigenvalue weighted by atomic mass is 10.3. The normalized spacial score (nSPS) is 9.36. The summed E-state index contributed by atoms with van der Waals surface area (Å²) in [7, 11) is 1.66. The van der Waals surface area contributed by atoms with Crippen LogP contribution in [0.5, 0.6) is 0 Å². The minimum absolute atomic E-state index is 0.0280. The van der Waals surface area contributed by atoms with Gasteiger partial charge in [0.15, 0.2) is 0 Å². The molecule has 0 spiro atoms. The zero-order chi connectivity index (χ0) is 8.85. The lowest BCUT2D eigenvalue weighted by molar-refractivity contribution is -0.128. The number of ketones is 1. The first-order valence-electron chi connectivity index (χ1n) is 3.37. The molecule has 0 unspecified atom stereocenters. The molecule has 0 radical (unpaired) electrons. The van der Waals surface area contributed by atoms with Gasteiger partial charge in [-0.05, 0) is 0 Å². The van der Waals surface area contributed by atoms with Crippen molar-refractivity contribution in [1.82, 2.24) is 4.90 Å². The second-order valence-corrected chi connectivity index (χ2v) is 2.63. The Morgan fingerprint density at radius 2 is 2.00 bits per heavy atom. The van der Waals surface area contributed by atoms with Crippen molar-refractivity contribution >= 4 is 23.3 Å². The van der Waals surface area contributed by atoms with Gasteiger partial charge in [-0.2, -0.15) is 0 Å². The second-order valence-electron chi connectivity index (χ2n) is 2.36. The molecule has 0 atom stereocenters. The number of rotatable bonds is 4. The summed E-state index contributed by atoms with van der Waals surface area (Å²) in [6, 6.07) is 0. The Labute approximate surface area is 71.3 Å². The van der Waals surface area contributed by atoms with Crippen molar-refractivity contribution in [3.05, 3.63) is 0 Å². The van der Waals surface area contributed by atoms with Gasteiger partial charge in [-0.15, -0.1) is 11.6 Å². The molecular formula is C7H12ClNO2. The Balaban J connectivity index is 3.54. The smallest absolute Gasteiger partial charge is 0.219 e. The molecule has 0 aliphatic rings. The van der Waals surface area contributed by atoms with Gasteiger partial charge in [-0.1, -0.05) is 0 Å². The first-order valence-corrected chi connectivity index (χ1v) is 3.90. The molecular weight excluding hydrogens is 166 g/mol. The zero-order valence-corrected chi connectivity index (χ0v) is 7.52. The van der Waals surface area contributed by atoms with Crippen LogP contribution in [0.2, 0.25) is 0 Å². The Hall–Kier alpha value is -0.570. The van der Waals surface area contributed by atoms with Gasteiger partial charge in [0.05, 0.1) is 5.88 Å². The summed E-state index contributed by atoms with van der Waals surface area (Å²) in [4.78, 5) is 22.8. The van der Waals surface area contributed by atoms with E-state index in [1.165, 1.54) is 11.8 Å². The van der Waals surface area contributed by atoms with E-state index >= 15 is 0 Å². The number of alkyl halides is 1. The Bertz CT molecular complexity index is 159. The van der Waals surface area contributed by atoms with Crippen molar-refractivity contribution in [3.8, 4) is 0 Å². The van der Waals surface area contributed by atoms with Crippen molar-refractivity contribution in [2.45, 2.75) is 13.3 Å². The molecule has 0 saturated carbocycles. The quantitative estimate of drug-likeness (QED) is 0.592. The van der Waals surface area contributed by atoms with E-state index in [4.69, 9.17) is 11.6 Å². The average Bonchev–Trinajstić information content (AvgIpc) is 1.99. The fourth-order valence-corrected chi connectivity index (χ4v) is 0.650. The predicted molar refractivity (Wildman–Crippen MR) is 43.7 cm³/mol. The van der Waals surface area contributed by atoms with Gasteiger partial charge in [0.25, 0.3) is 0 Å². The molecule has 0 rings (SSSR count). The summed E-state index contributed by atoms with van der Waals surface area (Å²) in [5.74, 6) is -0.0294. The molecule has 3 nitrogen and oxygen atoms in total. The molecule has 64 valence electrons. The van der Waals surface area contributed by atoms with Crippen LogP contribution in [-0.4, -0.2) is 36.1 Å². The number of halogens is 1. The number of nitrogens with zero attached hydrogens (tertiary/aromatic N) is 1. The highest BCUT2D eigenvalue weighted by Gasteiger charge is 2.04. The number of carbonyl (C=O) groups excluding carboxylic acids is 2. The van der Waals surface area contributed by atoms with E-state index in [0.29, 0.717) is 13.0 Å². The minimum Gasteiger partial charge on any atom is -0.346 e. The third kappa shape index (κ3) is 4.79. The van der Waals surface area contributed by atoms with Gasteiger partial charge in [-0.25, -0.2) is 0 Å². The van der Waals surface area contributed by atoms with Crippen LogP contribution in [-0.2, 0) is 9.59 Å². The molecule has 0 aromatic carbocycles. The lowest BCUT2D eigenvalue weighted by Gasteiger charge is -2.12. The van der Waals surface area contributed by atoms with Crippen molar-refractivity contribution in [1.29, 1.82) is 0 Å². The third-order valence-electron chi connectivity index (χ3n) is 1.41. The molecule has 0 aromatic heterocycles. The van der Waals surface area contributed by atoms with Gasteiger partial charge >= 0.3 is 0 Å². The molecule has 0 N–H and O–H groups in total. The summed E-state index contributed by atoms with van der Waals surface area (Å²) in [6.45, 7) is 1.92. The van der Waals surface area contributed by atoms with Crippen molar-refractivity contribution in [3.63, 3.8) is 0 Å². The number of hydrogen-bond donors (Lipinski definition) is 0. The van der Waals surface area contributed by atoms with E-state index in [0.717, 1.165) is 0 Å². The second kappa shape index (κ2) is 5.13. The van der Waals surface area contributed by atoms with Crippen LogP contribution in [0.25, 0.3) is 0 Å². The van der Waals surface area contributed by atoms with Crippen molar-refractivity contribution in [2.75, 3.05) is 19.5 Å². The Morgan fingerprint density at radius 3 is 2.36 bits per heavy atom. The largest absolute Gasteiger partial charge is 0.346 e. The standard InChI is InChI=1S/C7H12ClNO2/c1-6(10)9(2)4-3-7(11)5-8/h3-5H2,1-2H3. The summed E-state index contributed by atoms with van der Waals surface area (Å²) in [6.07, 6.45) is 0.347.